The van der Waals surface area contributed by atoms with Crippen LogP contribution in [0.15, 0.2) is 18.2 Å². The number of halogens is 2. The lowest BCUT2D eigenvalue weighted by atomic mass is 10.2. The number of nitrogens with one attached hydrogen (secondary N) is 3. The Balaban J connectivity index is 2.20. The van der Waals surface area contributed by atoms with E-state index in [2.05, 4.69) is 20.7 Å². The van der Waals surface area contributed by atoms with Crippen molar-refractivity contribution in [1.29, 1.82) is 0 Å². The molecule has 0 unspecified atom stereocenters. The fourth-order valence-corrected chi connectivity index (χ4v) is 2.59. The van der Waals surface area contributed by atoms with E-state index in [-0.39, 0.29) is 37.0 Å². The molecule has 10 nitrogen and oxygen atoms in total. The molecular formula is C17H23F2N5O5. The predicted octanol–water partition coefficient (Wildman–Crippen LogP) is 0.236. The van der Waals surface area contributed by atoms with E-state index in [0.717, 1.165) is 0 Å². The van der Waals surface area contributed by atoms with Crippen LogP contribution in [-0.2, 0) is 14.3 Å². The van der Waals surface area contributed by atoms with Gasteiger partial charge in [-0.2, -0.15) is 8.78 Å². The molecule has 1 atom stereocenters. The van der Waals surface area contributed by atoms with Gasteiger partial charge in [0.1, 0.15) is 12.6 Å². The SMILES string of the molecule is CCNC(=O)N[C@H](CN)C(=O)Nc1ccc(N2CCOCC2=O)cc1OC(F)F. The number of hydrogen-bond acceptors (Lipinski definition) is 6. The summed E-state index contributed by atoms with van der Waals surface area (Å²) in [6.45, 7) is -0.879. The van der Waals surface area contributed by atoms with E-state index >= 15 is 0 Å². The molecule has 1 aromatic carbocycles. The highest BCUT2D eigenvalue weighted by Gasteiger charge is 2.24. The lowest BCUT2D eigenvalue weighted by molar-refractivity contribution is -0.125. The zero-order chi connectivity index (χ0) is 21.4. The summed E-state index contributed by atoms with van der Waals surface area (Å²) in [4.78, 5) is 37.3. The largest absolute Gasteiger partial charge is 0.433 e. The lowest BCUT2D eigenvalue weighted by Crippen LogP contribution is -2.51. The van der Waals surface area contributed by atoms with Crippen molar-refractivity contribution in [1.82, 2.24) is 10.6 Å². The predicted molar refractivity (Wildman–Crippen MR) is 99.9 cm³/mol. The van der Waals surface area contributed by atoms with Gasteiger partial charge in [0.15, 0.2) is 5.75 Å². The summed E-state index contributed by atoms with van der Waals surface area (Å²) in [5, 5.41) is 7.24. The summed E-state index contributed by atoms with van der Waals surface area (Å²) < 4.78 is 35.2. The van der Waals surface area contributed by atoms with Crippen molar-refractivity contribution >= 4 is 29.2 Å². The second-order valence-electron chi connectivity index (χ2n) is 5.94. The van der Waals surface area contributed by atoms with Crippen LogP contribution >= 0.6 is 0 Å². The van der Waals surface area contributed by atoms with Crippen molar-refractivity contribution < 1.29 is 32.6 Å². The Bertz CT molecular complexity index is 749. The number of rotatable bonds is 8. The highest BCUT2D eigenvalue weighted by atomic mass is 19.3. The summed E-state index contributed by atoms with van der Waals surface area (Å²) in [6, 6.07) is 2.34. The minimum absolute atomic E-state index is 0.0593. The number of nitrogens with two attached hydrogens (primary N) is 1. The van der Waals surface area contributed by atoms with Crippen molar-refractivity contribution in [3.63, 3.8) is 0 Å². The van der Waals surface area contributed by atoms with Gasteiger partial charge >= 0.3 is 12.6 Å². The molecule has 160 valence electrons. The first-order valence-electron chi connectivity index (χ1n) is 8.88. The molecule has 0 aromatic heterocycles. The van der Waals surface area contributed by atoms with Crippen molar-refractivity contribution in [3.8, 4) is 5.75 Å². The molecule has 0 spiro atoms. The maximum absolute atomic E-state index is 12.8. The van der Waals surface area contributed by atoms with E-state index in [1.54, 1.807) is 6.92 Å². The van der Waals surface area contributed by atoms with Crippen LogP contribution in [0.25, 0.3) is 0 Å². The monoisotopic (exact) mass is 415 g/mol. The average molecular weight is 415 g/mol. The molecule has 0 radical (unpaired) electrons. The molecule has 29 heavy (non-hydrogen) atoms. The second-order valence-corrected chi connectivity index (χ2v) is 5.94. The van der Waals surface area contributed by atoms with Crippen molar-refractivity contribution in [2.24, 2.45) is 5.73 Å². The molecule has 1 aliphatic heterocycles. The van der Waals surface area contributed by atoms with Crippen LogP contribution < -0.4 is 31.3 Å². The number of carbonyl (C=O) groups excluding carboxylic acids is 3. The number of carbonyl (C=O) groups is 3. The van der Waals surface area contributed by atoms with Crippen LogP contribution in [0.5, 0.6) is 5.75 Å². The number of amides is 4. The maximum atomic E-state index is 12.8. The molecule has 4 amide bonds. The number of alkyl halides is 2. The Labute approximate surface area is 165 Å². The van der Waals surface area contributed by atoms with Gasteiger partial charge in [-0.3, -0.25) is 9.59 Å². The first-order valence-corrected chi connectivity index (χ1v) is 8.88. The third-order valence-electron chi connectivity index (χ3n) is 3.93. The number of urea groups is 1. The Morgan fingerprint density at radius 2 is 2.14 bits per heavy atom. The Morgan fingerprint density at radius 1 is 1.38 bits per heavy atom. The van der Waals surface area contributed by atoms with Crippen LogP contribution in [-0.4, -0.2) is 63.3 Å². The quantitative estimate of drug-likeness (QED) is 0.480. The van der Waals surface area contributed by atoms with Gasteiger partial charge in [0, 0.05) is 31.4 Å². The van der Waals surface area contributed by atoms with Gasteiger partial charge in [0.25, 0.3) is 5.91 Å². The van der Waals surface area contributed by atoms with E-state index in [1.165, 1.54) is 23.1 Å². The van der Waals surface area contributed by atoms with E-state index in [0.29, 0.717) is 18.8 Å². The highest BCUT2D eigenvalue weighted by Crippen LogP contribution is 2.32. The van der Waals surface area contributed by atoms with Gasteiger partial charge in [-0.25, -0.2) is 4.79 Å². The van der Waals surface area contributed by atoms with Gasteiger partial charge in [-0.15, -0.1) is 0 Å². The summed E-state index contributed by atoms with van der Waals surface area (Å²) in [5.74, 6) is -1.38. The minimum Gasteiger partial charge on any atom is -0.433 e. The molecule has 12 heteroatoms. The first-order chi connectivity index (χ1) is 13.8. The molecule has 1 aromatic rings. The topological polar surface area (TPSA) is 135 Å². The summed E-state index contributed by atoms with van der Waals surface area (Å²) in [7, 11) is 0. The Hall–Kier alpha value is -2.99. The Morgan fingerprint density at radius 3 is 2.76 bits per heavy atom. The second kappa shape index (κ2) is 10.5. The fourth-order valence-electron chi connectivity index (χ4n) is 2.59. The molecule has 0 bridgehead atoms. The van der Waals surface area contributed by atoms with Gasteiger partial charge in [0.05, 0.1) is 12.3 Å². The number of benzene rings is 1. The van der Waals surface area contributed by atoms with E-state index in [1.807, 2.05) is 0 Å². The third-order valence-corrected chi connectivity index (χ3v) is 3.93. The van der Waals surface area contributed by atoms with Crippen LogP contribution in [0.3, 0.4) is 0 Å². The van der Waals surface area contributed by atoms with Crippen molar-refractivity contribution in [2.45, 2.75) is 19.6 Å². The van der Waals surface area contributed by atoms with Gasteiger partial charge < -0.3 is 36.1 Å². The molecule has 5 N–H and O–H groups in total. The number of morpholine rings is 1. The molecule has 0 aliphatic carbocycles. The van der Waals surface area contributed by atoms with E-state index < -0.39 is 24.6 Å². The zero-order valence-electron chi connectivity index (χ0n) is 15.7. The summed E-state index contributed by atoms with van der Waals surface area (Å²) in [6.07, 6.45) is 0. The Kier molecular flexibility index (Phi) is 8.09. The first kappa shape index (κ1) is 22.3. The fraction of sp³-hybridized carbons (Fsp3) is 0.471. The minimum atomic E-state index is -3.15. The number of ether oxygens (including phenoxy) is 2. The van der Waals surface area contributed by atoms with Crippen molar-refractivity contribution in [2.75, 3.05) is 43.1 Å². The number of hydrogen-bond donors (Lipinski definition) is 4. The van der Waals surface area contributed by atoms with Gasteiger partial charge in [-0.1, -0.05) is 0 Å². The van der Waals surface area contributed by atoms with Crippen LogP contribution in [0.2, 0.25) is 0 Å². The molecule has 1 fully saturated rings. The molecule has 2 rings (SSSR count). The van der Waals surface area contributed by atoms with Crippen molar-refractivity contribution in [3.05, 3.63) is 18.2 Å². The highest BCUT2D eigenvalue weighted by molar-refractivity contribution is 5.99. The molecular weight excluding hydrogens is 392 g/mol. The summed E-state index contributed by atoms with van der Waals surface area (Å²) in [5.41, 5.74) is 5.78. The summed E-state index contributed by atoms with van der Waals surface area (Å²) >= 11 is 0. The molecule has 1 heterocycles. The van der Waals surface area contributed by atoms with Crippen LogP contribution in [0, 0.1) is 0 Å². The smallest absolute Gasteiger partial charge is 0.387 e. The average Bonchev–Trinajstić information content (AvgIpc) is 2.67. The normalized spacial score (nSPS) is 15.1. The maximum Gasteiger partial charge on any atom is 0.387 e. The third kappa shape index (κ3) is 6.26. The number of anilines is 2. The zero-order valence-corrected chi connectivity index (χ0v) is 15.7. The van der Waals surface area contributed by atoms with Gasteiger partial charge in [-0.05, 0) is 19.1 Å². The number of nitrogens with zero attached hydrogens (tertiary/aromatic N) is 1. The van der Waals surface area contributed by atoms with Gasteiger partial charge in [0.2, 0.25) is 5.91 Å². The molecule has 1 aliphatic rings. The molecule has 1 saturated heterocycles. The standard InChI is InChI=1S/C17H23F2N5O5/c1-2-21-17(27)23-12(8-20)15(26)22-11-4-3-10(7-13(11)29-16(18)19)24-5-6-28-9-14(24)25/h3-4,7,12,16H,2,5-6,8-9,20H2,1H3,(H,22,26)(H2,21,23,27)/t12-/m1/s1. The molecule has 0 saturated carbocycles. The van der Waals surface area contributed by atoms with E-state index in [4.69, 9.17) is 10.5 Å². The lowest BCUT2D eigenvalue weighted by Gasteiger charge is -2.27. The van der Waals surface area contributed by atoms with Crippen LogP contribution in [0.4, 0.5) is 25.0 Å². The van der Waals surface area contributed by atoms with E-state index in [9.17, 15) is 23.2 Å². The van der Waals surface area contributed by atoms with Crippen LogP contribution in [0.1, 0.15) is 6.92 Å².